The lowest BCUT2D eigenvalue weighted by atomic mass is 9.99. The number of carbonyl (C=O) groups is 1. The second-order valence-electron chi connectivity index (χ2n) is 6.07. The molecule has 0 spiro atoms. The number of benzene rings is 1. The van der Waals surface area contributed by atoms with E-state index in [1.165, 1.54) is 11.1 Å². The Morgan fingerprint density at radius 1 is 1.32 bits per heavy atom. The van der Waals surface area contributed by atoms with Crippen LogP contribution in [0.2, 0.25) is 0 Å². The van der Waals surface area contributed by atoms with Crippen molar-refractivity contribution in [2.45, 2.75) is 46.1 Å². The molecule has 22 heavy (non-hydrogen) atoms. The van der Waals surface area contributed by atoms with E-state index in [0.717, 1.165) is 38.9 Å². The van der Waals surface area contributed by atoms with Crippen molar-refractivity contribution in [1.29, 1.82) is 0 Å². The molecule has 1 saturated heterocycles. The summed E-state index contributed by atoms with van der Waals surface area (Å²) in [5.41, 5.74) is 2.61. The van der Waals surface area contributed by atoms with Gasteiger partial charge >= 0.3 is 0 Å². The van der Waals surface area contributed by atoms with Crippen molar-refractivity contribution in [3.8, 4) is 0 Å². The summed E-state index contributed by atoms with van der Waals surface area (Å²) in [4.78, 5) is 14.8. The monoisotopic (exact) mass is 324 g/mol. The van der Waals surface area contributed by atoms with E-state index in [1.807, 2.05) is 0 Å². The largest absolute Gasteiger partial charge is 0.339 e. The zero-order valence-electron chi connectivity index (χ0n) is 14.0. The molecule has 0 saturated carbocycles. The normalized spacial score (nSPS) is 18.6. The van der Waals surface area contributed by atoms with E-state index in [9.17, 15) is 4.79 Å². The summed E-state index contributed by atoms with van der Waals surface area (Å²) < 4.78 is 0. The molecule has 1 fully saturated rings. The first-order chi connectivity index (χ1) is 10.2. The van der Waals surface area contributed by atoms with E-state index in [-0.39, 0.29) is 18.3 Å². The fourth-order valence-corrected chi connectivity index (χ4v) is 3.17. The number of aryl methyl sites for hydroxylation is 1. The first-order valence-corrected chi connectivity index (χ1v) is 8.22. The second-order valence-corrected chi connectivity index (χ2v) is 6.07. The summed E-state index contributed by atoms with van der Waals surface area (Å²) in [6.45, 7) is 9.01. The Kier molecular flexibility index (Phi) is 7.91. The Balaban J connectivity index is 0.00000242. The first kappa shape index (κ1) is 19.0. The highest BCUT2D eigenvalue weighted by Gasteiger charge is 2.29. The zero-order chi connectivity index (χ0) is 15.2. The molecule has 3 nitrogen and oxygen atoms in total. The molecule has 0 bridgehead atoms. The van der Waals surface area contributed by atoms with Gasteiger partial charge in [-0.3, -0.25) is 4.79 Å². The topological polar surface area (TPSA) is 32.3 Å². The molecule has 1 aliphatic heterocycles. The molecule has 1 aromatic carbocycles. The van der Waals surface area contributed by atoms with Crippen molar-refractivity contribution < 1.29 is 4.79 Å². The molecule has 1 heterocycles. The lowest BCUT2D eigenvalue weighted by molar-refractivity contribution is -0.137. The molecule has 2 rings (SSSR count). The SMILES string of the molecule is CCC(Cc1ccc(C)cc1)N(CC)C(=O)C1CCNC1.Cl. The number of amides is 1. The highest BCUT2D eigenvalue weighted by atomic mass is 35.5. The minimum absolute atomic E-state index is 0. The van der Waals surface area contributed by atoms with Gasteiger partial charge in [0.1, 0.15) is 0 Å². The van der Waals surface area contributed by atoms with E-state index in [1.54, 1.807) is 0 Å². The number of carbonyl (C=O) groups excluding carboxylic acids is 1. The van der Waals surface area contributed by atoms with Gasteiger partial charge in [-0.2, -0.15) is 0 Å². The summed E-state index contributed by atoms with van der Waals surface area (Å²) in [5, 5.41) is 3.30. The summed E-state index contributed by atoms with van der Waals surface area (Å²) in [5.74, 6) is 0.512. The summed E-state index contributed by atoms with van der Waals surface area (Å²) in [7, 11) is 0. The van der Waals surface area contributed by atoms with Crippen molar-refractivity contribution >= 4 is 18.3 Å². The van der Waals surface area contributed by atoms with Crippen LogP contribution < -0.4 is 5.32 Å². The minimum atomic E-state index is 0. The van der Waals surface area contributed by atoms with Crippen LogP contribution in [0.5, 0.6) is 0 Å². The maximum atomic E-state index is 12.7. The molecule has 1 N–H and O–H groups in total. The third kappa shape index (κ3) is 4.72. The Bertz CT molecular complexity index is 455. The molecular formula is C18H29ClN2O. The van der Waals surface area contributed by atoms with Gasteiger partial charge in [0, 0.05) is 19.1 Å². The van der Waals surface area contributed by atoms with Crippen molar-refractivity contribution in [2.75, 3.05) is 19.6 Å². The Labute approximate surface area is 140 Å². The minimum Gasteiger partial charge on any atom is -0.339 e. The van der Waals surface area contributed by atoms with Gasteiger partial charge in [0.2, 0.25) is 5.91 Å². The van der Waals surface area contributed by atoms with Crippen molar-refractivity contribution in [3.05, 3.63) is 35.4 Å². The van der Waals surface area contributed by atoms with Crippen LogP contribution in [-0.4, -0.2) is 36.5 Å². The molecule has 2 unspecified atom stereocenters. The zero-order valence-corrected chi connectivity index (χ0v) is 14.8. The number of hydrogen-bond acceptors (Lipinski definition) is 2. The maximum Gasteiger partial charge on any atom is 0.227 e. The highest BCUT2D eigenvalue weighted by Crippen LogP contribution is 2.18. The van der Waals surface area contributed by atoms with Crippen LogP contribution in [0.1, 0.15) is 37.8 Å². The van der Waals surface area contributed by atoms with Gasteiger partial charge in [0.05, 0.1) is 5.92 Å². The lowest BCUT2D eigenvalue weighted by Crippen LogP contribution is -2.44. The van der Waals surface area contributed by atoms with Crippen LogP contribution >= 0.6 is 12.4 Å². The van der Waals surface area contributed by atoms with Gasteiger partial charge in [-0.15, -0.1) is 12.4 Å². The Hall–Kier alpha value is -1.06. The van der Waals surface area contributed by atoms with E-state index >= 15 is 0 Å². The average Bonchev–Trinajstić information content (AvgIpc) is 3.03. The number of likely N-dealkylation sites (N-methyl/N-ethyl adjacent to an activating group) is 1. The van der Waals surface area contributed by atoms with Crippen LogP contribution in [-0.2, 0) is 11.2 Å². The molecule has 0 radical (unpaired) electrons. The summed E-state index contributed by atoms with van der Waals surface area (Å²) in [6, 6.07) is 8.99. The van der Waals surface area contributed by atoms with Crippen molar-refractivity contribution in [2.24, 2.45) is 5.92 Å². The van der Waals surface area contributed by atoms with E-state index in [0.29, 0.717) is 11.9 Å². The number of nitrogens with zero attached hydrogens (tertiary/aromatic N) is 1. The molecule has 1 aliphatic rings. The maximum absolute atomic E-state index is 12.7. The fraction of sp³-hybridized carbons (Fsp3) is 0.611. The van der Waals surface area contributed by atoms with Crippen LogP contribution in [0, 0.1) is 12.8 Å². The smallest absolute Gasteiger partial charge is 0.227 e. The molecule has 4 heteroatoms. The average molecular weight is 325 g/mol. The molecule has 2 atom stereocenters. The third-order valence-electron chi connectivity index (χ3n) is 4.54. The lowest BCUT2D eigenvalue weighted by Gasteiger charge is -2.32. The second kappa shape index (κ2) is 9.16. The van der Waals surface area contributed by atoms with Gasteiger partial charge in [0.25, 0.3) is 0 Å². The van der Waals surface area contributed by atoms with Crippen LogP contribution in [0.4, 0.5) is 0 Å². The molecule has 1 aromatic rings. The van der Waals surface area contributed by atoms with Gasteiger partial charge in [0.15, 0.2) is 0 Å². The predicted octanol–water partition coefficient (Wildman–Crippen LogP) is 3.20. The van der Waals surface area contributed by atoms with Gasteiger partial charge in [-0.05, 0) is 45.2 Å². The molecule has 124 valence electrons. The highest BCUT2D eigenvalue weighted by molar-refractivity contribution is 5.85. The standard InChI is InChI=1S/C18H28N2O.ClH/c1-4-17(12-15-8-6-14(3)7-9-15)20(5-2)18(21)16-10-11-19-13-16;/h6-9,16-17,19H,4-5,10-13H2,1-3H3;1H. The fourth-order valence-electron chi connectivity index (χ4n) is 3.17. The summed E-state index contributed by atoms with van der Waals surface area (Å²) in [6.07, 6.45) is 2.94. The van der Waals surface area contributed by atoms with E-state index in [4.69, 9.17) is 0 Å². The van der Waals surface area contributed by atoms with E-state index < -0.39 is 0 Å². The molecule has 1 amide bonds. The predicted molar refractivity (Wildman–Crippen MR) is 94.6 cm³/mol. The Morgan fingerprint density at radius 3 is 2.50 bits per heavy atom. The van der Waals surface area contributed by atoms with Gasteiger partial charge in [-0.1, -0.05) is 36.8 Å². The first-order valence-electron chi connectivity index (χ1n) is 8.22. The Morgan fingerprint density at radius 2 is 2.00 bits per heavy atom. The van der Waals surface area contributed by atoms with Gasteiger partial charge in [-0.25, -0.2) is 0 Å². The van der Waals surface area contributed by atoms with Crippen LogP contribution in [0.15, 0.2) is 24.3 Å². The summed E-state index contributed by atoms with van der Waals surface area (Å²) >= 11 is 0. The van der Waals surface area contributed by atoms with Gasteiger partial charge < -0.3 is 10.2 Å². The number of nitrogens with one attached hydrogen (secondary N) is 1. The number of halogens is 1. The third-order valence-corrected chi connectivity index (χ3v) is 4.54. The van der Waals surface area contributed by atoms with Crippen LogP contribution in [0.3, 0.4) is 0 Å². The number of rotatable bonds is 6. The van der Waals surface area contributed by atoms with Crippen LogP contribution in [0.25, 0.3) is 0 Å². The van der Waals surface area contributed by atoms with Crippen molar-refractivity contribution in [1.82, 2.24) is 10.2 Å². The quantitative estimate of drug-likeness (QED) is 0.871. The number of hydrogen-bond donors (Lipinski definition) is 1. The van der Waals surface area contributed by atoms with E-state index in [2.05, 4.69) is 55.3 Å². The molecule has 0 aliphatic carbocycles. The van der Waals surface area contributed by atoms with Crippen molar-refractivity contribution in [3.63, 3.8) is 0 Å². The molecular weight excluding hydrogens is 296 g/mol. The molecule has 0 aromatic heterocycles.